The second kappa shape index (κ2) is 7.23. The molecule has 0 atom stereocenters. The Morgan fingerprint density at radius 2 is 2.17 bits per heavy atom. The third-order valence-corrected chi connectivity index (χ3v) is 7.18. The summed E-state index contributed by atoms with van der Waals surface area (Å²) >= 11 is 3.01. The molecule has 0 bridgehead atoms. The molecule has 0 saturated carbocycles. The maximum atomic E-state index is 12.5. The number of anilines is 1. The minimum atomic E-state index is -0.167. The predicted octanol–water partition coefficient (Wildman–Crippen LogP) is 3.66. The Balaban J connectivity index is 1.30. The van der Waals surface area contributed by atoms with Gasteiger partial charge < -0.3 is 15.0 Å². The average molecular weight is 427 g/mol. The number of benzene rings is 1. The van der Waals surface area contributed by atoms with E-state index in [9.17, 15) is 9.59 Å². The maximum absolute atomic E-state index is 12.5. The van der Waals surface area contributed by atoms with Gasteiger partial charge in [0.25, 0.3) is 5.56 Å². The van der Waals surface area contributed by atoms with E-state index in [2.05, 4.69) is 20.3 Å². The lowest BCUT2D eigenvalue weighted by atomic mass is 10.2. The number of hydrogen-bond acceptors (Lipinski definition) is 7. The van der Waals surface area contributed by atoms with Gasteiger partial charge in [-0.3, -0.25) is 9.59 Å². The van der Waals surface area contributed by atoms with Crippen LogP contribution in [0.1, 0.15) is 29.1 Å². The Morgan fingerprint density at radius 3 is 3.03 bits per heavy atom. The second-order valence-electron chi connectivity index (χ2n) is 6.92. The molecule has 0 radical (unpaired) electrons. The first-order valence-electron chi connectivity index (χ1n) is 9.39. The topological polar surface area (TPSA) is 97.0 Å². The number of aryl methyl sites for hydroxylation is 3. The molecule has 3 heterocycles. The molecule has 3 aromatic heterocycles. The lowest BCUT2D eigenvalue weighted by molar-refractivity contribution is -0.116. The van der Waals surface area contributed by atoms with Crippen LogP contribution in [0.5, 0.6) is 5.75 Å². The molecule has 1 aromatic carbocycles. The smallest absolute Gasteiger partial charge is 0.259 e. The summed E-state index contributed by atoms with van der Waals surface area (Å²) in [5.74, 6) is 1.06. The summed E-state index contributed by atoms with van der Waals surface area (Å²) in [5, 5.41) is 4.10. The molecule has 0 fully saturated rings. The van der Waals surface area contributed by atoms with Crippen LogP contribution < -0.4 is 15.6 Å². The molecular weight excluding hydrogens is 408 g/mol. The molecule has 9 heteroatoms. The highest BCUT2D eigenvalue weighted by Gasteiger charge is 2.21. The molecule has 29 heavy (non-hydrogen) atoms. The zero-order chi connectivity index (χ0) is 20.0. The number of fused-ring (bicyclic) bond motifs is 4. The number of thiazole rings is 1. The van der Waals surface area contributed by atoms with Gasteiger partial charge in [0, 0.05) is 17.7 Å². The summed E-state index contributed by atoms with van der Waals surface area (Å²) in [4.78, 5) is 38.8. The number of hydrogen-bond donors (Lipinski definition) is 2. The molecule has 0 spiro atoms. The lowest BCUT2D eigenvalue weighted by Gasteiger charge is -2.02. The first-order valence-corrected chi connectivity index (χ1v) is 11.0. The van der Waals surface area contributed by atoms with E-state index < -0.39 is 0 Å². The number of ether oxygens (including phenoxy) is 1. The summed E-state index contributed by atoms with van der Waals surface area (Å²) in [5.41, 5.74) is 1.80. The zero-order valence-corrected chi connectivity index (χ0v) is 17.3. The highest BCUT2D eigenvalue weighted by atomic mass is 32.1. The fourth-order valence-electron chi connectivity index (χ4n) is 3.72. The van der Waals surface area contributed by atoms with Crippen molar-refractivity contribution in [2.24, 2.45) is 0 Å². The highest BCUT2D eigenvalue weighted by molar-refractivity contribution is 7.22. The van der Waals surface area contributed by atoms with Crippen LogP contribution in [0.3, 0.4) is 0 Å². The Kier molecular flexibility index (Phi) is 4.56. The molecule has 1 aliphatic rings. The van der Waals surface area contributed by atoms with Gasteiger partial charge in [-0.1, -0.05) is 17.4 Å². The van der Waals surface area contributed by atoms with E-state index >= 15 is 0 Å². The van der Waals surface area contributed by atoms with Crippen LogP contribution in [0.4, 0.5) is 5.13 Å². The van der Waals surface area contributed by atoms with E-state index in [4.69, 9.17) is 4.74 Å². The number of methoxy groups -OCH3 is 1. The zero-order valence-electron chi connectivity index (χ0n) is 15.7. The first kappa shape index (κ1) is 18.3. The van der Waals surface area contributed by atoms with Gasteiger partial charge in [-0.25, -0.2) is 9.97 Å². The number of rotatable bonds is 5. The van der Waals surface area contributed by atoms with Crippen molar-refractivity contribution in [3.63, 3.8) is 0 Å². The van der Waals surface area contributed by atoms with Gasteiger partial charge in [0.2, 0.25) is 5.91 Å². The van der Waals surface area contributed by atoms with Crippen molar-refractivity contribution in [3.05, 3.63) is 44.8 Å². The van der Waals surface area contributed by atoms with Gasteiger partial charge in [0.1, 0.15) is 21.9 Å². The number of carbonyl (C=O) groups is 1. The average Bonchev–Trinajstić information content (AvgIpc) is 3.39. The van der Waals surface area contributed by atoms with Crippen LogP contribution in [0.2, 0.25) is 0 Å². The molecule has 7 nitrogen and oxygen atoms in total. The quantitative estimate of drug-likeness (QED) is 0.508. The second-order valence-corrected chi connectivity index (χ2v) is 9.04. The molecule has 2 N–H and O–H groups in total. The number of amides is 1. The van der Waals surface area contributed by atoms with Crippen molar-refractivity contribution in [2.75, 3.05) is 12.4 Å². The summed E-state index contributed by atoms with van der Waals surface area (Å²) in [6, 6.07) is 5.67. The van der Waals surface area contributed by atoms with Crippen LogP contribution in [0.25, 0.3) is 20.4 Å². The Labute approximate surface area is 173 Å². The van der Waals surface area contributed by atoms with Crippen molar-refractivity contribution in [2.45, 2.75) is 32.1 Å². The van der Waals surface area contributed by atoms with E-state index in [1.807, 2.05) is 18.2 Å². The Hall–Kier alpha value is -2.78. The largest absolute Gasteiger partial charge is 0.494 e. The normalized spacial score (nSPS) is 13.1. The van der Waals surface area contributed by atoms with Crippen LogP contribution in [-0.4, -0.2) is 28.0 Å². The summed E-state index contributed by atoms with van der Waals surface area (Å²) in [6.07, 6.45) is 3.67. The van der Waals surface area contributed by atoms with Crippen molar-refractivity contribution in [1.29, 1.82) is 0 Å². The molecule has 148 valence electrons. The number of nitrogens with one attached hydrogen (secondary N) is 2. The van der Waals surface area contributed by atoms with E-state index in [-0.39, 0.29) is 17.9 Å². The van der Waals surface area contributed by atoms with E-state index in [1.165, 1.54) is 16.2 Å². The predicted molar refractivity (Wildman–Crippen MR) is 115 cm³/mol. The summed E-state index contributed by atoms with van der Waals surface area (Å²) in [7, 11) is 1.60. The van der Waals surface area contributed by atoms with Crippen molar-refractivity contribution >= 4 is 54.1 Å². The molecule has 1 aliphatic carbocycles. The number of aromatic nitrogens is 3. The summed E-state index contributed by atoms with van der Waals surface area (Å²) in [6.45, 7) is 0. The van der Waals surface area contributed by atoms with Gasteiger partial charge in [-0.15, -0.1) is 11.3 Å². The van der Waals surface area contributed by atoms with Crippen molar-refractivity contribution in [1.82, 2.24) is 15.0 Å². The number of aromatic amines is 1. The number of carbonyl (C=O) groups excluding carboxylic acids is 1. The fraction of sp³-hybridized carbons (Fsp3) is 0.300. The van der Waals surface area contributed by atoms with Crippen molar-refractivity contribution < 1.29 is 9.53 Å². The Bertz CT molecular complexity index is 1300. The van der Waals surface area contributed by atoms with Gasteiger partial charge in [0.15, 0.2) is 5.13 Å². The van der Waals surface area contributed by atoms with Crippen LogP contribution in [0, 0.1) is 0 Å². The SMILES string of the molecule is COc1cccc2sc(NC(=O)CCc3nc4sc5c(c4c(=O)[nH]3)CCC5)nc12. The maximum Gasteiger partial charge on any atom is 0.259 e. The molecule has 0 saturated heterocycles. The highest BCUT2D eigenvalue weighted by Crippen LogP contribution is 2.34. The van der Waals surface area contributed by atoms with Crippen LogP contribution in [-0.2, 0) is 24.1 Å². The molecular formula is C20H18N4O3S2. The van der Waals surface area contributed by atoms with E-state index in [0.717, 1.165) is 45.3 Å². The van der Waals surface area contributed by atoms with E-state index in [0.29, 0.717) is 23.1 Å². The third kappa shape index (κ3) is 3.30. The van der Waals surface area contributed by atoms with Crippen LogP contribution in [0.15, 0.2) is 23.0 Å². The van der Waals surface area contributed by atoms with Gasteiger partial charge in [0.05, 0.1) is 17.2 Å². The molecule has 0 aliphatic heterocycles. The molecule has 1 amide bonds. The van der Waals surface area contributed by atoms with Gasteiger partial charge in [-0.05, 0) is 37.0 Å². The van der Waals surface area contributed by atoms with Crippen LogP contribution >= 0.6 is 22.7 Å². The number of H-pyrrole nitrogens is 1. The van der Waals surface area contributed by atoms with Gasteiger partial charge in [-0.2, -0.15) is 0 Å². The third-order valence-electron chi connectivity index (χ3n) is 5.06. The summed E-state index contributed by atoms with van der Waals surface area (Å²) < 4.78 is 6.26. The molecule has 0 unspecified atom stereocenters. The number of nitrogens with zero attached hydrogens (tertiary/aromatic N) is 2. The minimum Gasteiger partial charge on any atom is -0.494 e. The minimum absolute atomic E-state index is 0.0944. The first-order chi connectivity index (χ1) is 14.1. The van der Waals surface area contributed by atoms with Gasteiger partial charge >= 0.3 is 0 Å². The van der Waals surface area contributed by atoms with Crippen molar-refractivity contribution in [3.8, 4) is 5.75 Å². The number of thiophene rings is 1. The monoisotopic (exact) mass is 426 g/mol. The van der Waals surface area contributed by atoms with E-state index in [1.54, 1.807) is 18.4 Å². The molecule has 4 aromatic rings. The molecule has 5 rings (SSSR count). The fourth-order valence-corrected chi connectivity index (χ4v) is 5.90. The number of para-hydroxylation sites is 1. The lowest BCUT2D eigenvalue weighted by Crippen LogP contribution is -2.16. The standard InChI is InChI=1S/C20H18N4O3S2/c1-27-11-5-3-7-13-17(11)24-20(29-13)23-15(25)9-8-14-21-18(26)16-10-4-2-6-12(10)28-19(16)22-14/h3,5,7H,2,4,6,8-9H2,1H3,(H,21,22,26)(H,23,24,25). The Morgan fingerprint density at radius 1 is 1.28 bits per heavy atom.